The van der Waals surface area contributed by atoms with E-state index in [4.69, 9.17) is 4.74 Å². The molecule has 1 heterocycles. The average molecular weight is 379 g/mol. The second-order valence-corrected chi connectivity index (χ2v) is 7.48. The van der Waals surface area contributed by atoms with Gasteiger partial charge in [-0.3, -0.25) is 14.4 Å². The van der Waals surface area contributed by atoms with Crippen LogP contribution < -0.4 is 4.90 Å². The zero-order valence-corrected chi connectivity index (χ0v) is 16.7. The fourth-order valence-electron chi connectivity index (χ4n) is 3.29. The standard InChI is InChI=1S/C23H25NO4/c1-14-5-8-18(9-6-14)22(26)17(4)28-23(27)19-12-21(25)24(13-19)20-10-7-15(2)16(3)11-20/h5-11,17,19H,12-13H2,1-4H3/t17-,19-/m1/s1. The van der Waals surface area contributed by atoms with Crippen LogP contribution >= 0.6 is 0 Å². The molecular weight excluding hydrogens is 354 g/mol. The highest BCUT2D eigenvalue weighted by molar-refractivity contribution is 6.02. The maximum Gasteiger partial charge on any atom is 0.312 e. The van der Waals surface area contributed by atoms with Gasteiger partial charge in [-0.25, -0.2) is 0 Å². The minimum absolute atomic E-state index is 0.0944. The van der Waals surface area contributed by atoms with Crippen LogP contribution in [0.3, 0.4) is 0 Å². The number of Topliss-reactive ketones (excluding diaryl/α,β-unsaturated/α-hetero) is 1. The summed E-state index contributed by atoms with van der Waals surface area (Å²) in [6.07, 6.45) is -0.794. The molecule has 2 aromatic carbocycles. The van der Waals surface area contributed by atoms with Crippen LogP contribution in [0.25, 0.3) is 0 Å². The summed E-state index contributed by atoms with van der Waals surface area (Å²) < 4.78 is 5.39. The Morgan fingerprint density at radius 1 is 1.04 bits per heavy atom. The fraction of sp³-hybridized carbons (Fsp3) is 0.348. The first-order valence-corrected chi connectivity index (χ1v) is 9.45. The fourth-order valence-corrected chi connectivity index (χ4v) is 3.29. The van der Waals surface area contributed by atoms with Crippen LogP contribution in [-0.2, 0) is 14.3 Å². The third kappa shape index (κ3) is 4.14. The summed E-state index contributed by atoms with van der Waals surface area (Å²) in [5.74, 6) is -1.43. The second-order valence-electron chi connectivity index (χ2n) is 7.48. The molecule has 5 nitrogen and oxygen atoms in total. The zero-order valence-electron chi connectivity index (χ0n) is 16.7. The maximum atomic E-state index is 12.5. The van der Waals surface area contributed by atoms with E-state index in [1.165, 1.54) is 0 Å². The molecular formula is C23H25NO4. The molecule has 0 unspecified atom stereocenters. The average Bonchev–Trinajstić information content (AvgIpc) is 3.06. The number of nitrogens with zero attached hydrogens (tertiary/aromatic N) is 1. The quantitative estimate of drug-likeness (QED) is 0.586. The summed E-state index contributed by atoms with van der Waals surface area (Å²) in [5.41, 5.74) is 4.58. The van der Waals surface area contributed by atoms with Crippen LogP contribution in [0.4, 0.5) is 5.69 Å². The van der Waals surface area contributed by atoms with E-state index in [0.717, 1.165) is 22.4 Å². The molecule has 0 N–H and O–H groups in total. The SMILES string of the molecule is Cc1ccc(C(=O)[C@@H](C)OC(=O)[C@@H]2CC(=O)N(c3ccc(C)c(C)c3)C2)cc1. The zero-order chi connectivity index (χ0) is 20.4. The van der Waals surface area contributed by atoms with E-state index < -0.39 is 18.0 Å². The molecule has 2 atom stereocenters. The third-order valence-electron chi connectivity index (χ3n) is 5.26. The number of hydrogen-bond donors (Lipinski definition) is 0. The number of carbonyl (C=O) groups excluding carboxylic acids is 3. The van der Waals surface area contributed by atoms with Gasteiger partial charge in [0.05, 0.1) is 5.92 Å². The molecule has 1 amide bonds. The second kappa shape index (κ2) is 7.97. The summed E-state index contributed by atoms with van der Waals surface area (Å²) in [6.45, 7) is 7.78. The van der Waals surface area contributed by atoms with Crippen LogP contribution in [0.15, 0.2) is 42.5 Å². The molecule has 1 saturated heterocycles. The number of hydrogen-bond acceptors (Lipinski definition) is 4. The van der Waals surface area contributed by atoms with Crippen molar-refractivity contribution in [1.29, 1.82) is 0 Å². The van der Waals surface area contributed by atoms with Crippen molar-refractivity contribution in [3.63, 3.8) is 0 Å². The van der Waals surface area contributed by atoms with Crippen molar-refractivity contribution < 1.29 is 19.1 Å². The Bertz CT molecular complexity index is 917. The molecule has 0 aromatic heterocycles. The lowest BCUT2D eigenvalue weighted by Gasteiger charge is -2.18. The first-order chi connectivity index (χ1) is 13.3. The Morgan fingerprint density at radius 3 is 2.36 bits per heavy atom. The van der Waals surface area contributed by atoms with Crippen molar-refractivity contribution in [2.24, 2.45) is 5.92 Å². The lowest BCUT2D eigenvalue weighted by atomic mass is 10.1. The number of ketones is 1. The molecule has 146 valence electrons. The van der Waals surface area contributed by atoms with Crippen LogP contribution in [0.2, 0.25) is 0 Å². The summed E-state index contributed by atoms with van der Waals surface area (Å²) in [6, 6.07) is 12.9. The topological polar surface area (TPSA) is 63.7 Å². The van der Waals surface area contributed by atoms with Gasteiger partial charge in [0.15, 0.2) is 6.10 Å². The number of benzene rings is 2. The molecule has 28 heavy (non-hydrogen) atoms. The first-order valence-electron chi connectivity index (χ1n) is 9.45. The van der Waals surface area contributed by atoms with Gasteiger partial charge in [-0.15, -0.1) is 0 Å². The van der Waals surface area contributed by atoms with Gasteiger partial charge in [-0.05, 0) is 51.0 Å². The van der Waals surface area contributed by atoms with Crippen LogP contribution in [0, 0.1) is 26.7 Å². The van der Waals surface area contributed by atoms with E-state index in [0.29, 0.717) is 5.56 Å². The number of carbonyl (C=O) groups is 3. The van der Waals surface area contributed by atoms with Crippen molar-refractivity contribution >= 4 is 23.3 Å². The number of aryl methyl sites for hydroxylation is 3. The number of esters is 1. The molecule has 0 bridgehead atoms. The van der Waals surface area contributed by atoms with Gasteiger partial charge in [0.25, 0.3) is 0 Å². The molecule has 1 aliphatic rings. The van der Waals surface area contributed by atoms with E-state index in [-0.39, 0.29) is 24.7 Å². The highest BCUT2D eigenvalue weighted by atomic mass is 16.5. The third-order valence-corrected chi connectivity index (χ3v) is 5.26. The number of ether oxygens (including phenoxy) is 1. The highest BCUT2D eigenvalue weighted by Gasteiger charge is 2.37. The minimum Gasteiger partial charge on any atom is -0.454 e. The van der Waals surface area contributed by atoms with Crippen molar-refractivity contribution in [3.8, 4) is 0 Å². The largest absolute Gasteiger partial charge is 0.454 e. The Morgan fingerprint density at radius 2 is 1.71 bits per heavy atom. The van der Waals surface area contributed by atoms with Gasteiger partial charge in [0, 0.05) is 24.2 Å². The molecule has 1 aliphatic heterocycles. The predicted octanol–water partition coefficient (Wildman–Crippen LogP) is 3.78. The van der Waals surface area contributed by atoms with E-state index in [1.807, 2.05) is 51.1 Å². The molecule has 1 fully saturated rings. The Kier molecular flexibility index (Phi) is 5.63. The predicted molar refractivity (Wildman–Crippen MR) is 107 cm³/mol. The summed E-state index contributed by atoms with van der Waals surface area (Å²) in [7, 11) is 0. The van der Waals surface area contributed by atoms with Crippen molar-refractivity contribution in [3.05, 3.63) is 64.7 Å². The monoisotopic (exact) mass is 379 g/mol. The number of anilines is 1. The molecule has 0 saturated carbocycles. The minimum atomic E-state index is -0.888. The van der Waals surface area contributed by atoms with E-state index in [1.54, 1.807) is 24.0 Å². The van der Waals surface area contributed by atoms with Gasteiger partial charge in [0.2, 0.25) is 11.7 Å². The number of amides is 1. The molecule has 3 rings (SSSR count). The summed E-state index contributed by atoms with van der Waals surface area (Å²) in [5, 5.41) is 0. The Balaban J connectivity index is 1.64. The van der Waals surface area contributed by atoms with Gasteiger partial charge in [0.1, 0.15) is 0 Å². The van der Waals surface area contributed by atoms with Gasteiger partial charge in [-0.2, -0.15) is 0 Å². The molecule has 5 heteroatoms. The van der Waals surface area contributed by atoms with Crippen LogP contribution in [0.5, 0.6) is 0 Å². The van der Waals surface area contributed by atoms with E-state index in [2.05, 4.69) is 0 Å². The number of rotatable bonds is 5. The van der Waals surface area contributed by atoms with Crippen molar-refractivity contribution in [1.82, 2.24) is 0 Å². The van der Waals surface area contributed by atoms with Crippen molar-refractivity contribution in [2.45, 2.75) is 40.2 Å². The highest BCUT2D eigenvalue weighted by Crippen LogP contribution is 2.28. The van der Waals surface area contributed by atoms with Gasteiger partial charge in [-0.1, -0.05) is 35.9 Å². The Hall–Kier alpha value is -2.95. The lowest BCUT2D eigenvalue weighted by molar-refractivity contribution is -0.151. The normalized spacial score (nSPS) is 17.5. The van der Waals surface area contributed by atoms with Gasteiger partial charge >= 0.3 is 5.97 Å². The Labute approximate surface area is 165 Å². The smallest absolute Gasteiger partial charge is 0.312 e. The van der Waals surface area contributed by atoms with Crippen LogP contribution in [0.1, 0.15) is 40.4 Å². The molecule has 0 aliphatic carbocycles. The first kappa shape index (κ1) is 19.8. The van der Waals surface area contributed by atoms with Gasteiger partial charge < -0.3 is 9.64 Å². The van der Waals surface area contributed by atoms with Crippen molar-refractivity contribution in [2.75, 3.05) is 11.4 Å². The summed E-state index contributed by atoms with van der Waals surface area (Å²) >= 11 is 0. The van der Waals surface area contributed by atoms with E-state index >= 15 is 0 Å². The molecule has 0 spiro atoms. The lowest BCUT2D eigenvalue weighted by Crippen LogP contribution is -2.30. The molecule has 0 radical (unpaired) electrons. The van der Waals surface area contributed by atoms with Crippen LogP contribution in [-0.4, -0.2) is 30.3 Å². The summed E-state index contributed by atoms with van der Waals surface area (Å²) in [4.78, 5) is 39.0. The maximum absolute atomic E-state index is 12.5. The van der Waals surface area contributed by atoms with E-state index in [9.17, 15) is 14.4 Å². The molecule has 2 aromatic rings.